The highest BCUT2D eigenvalue weighted by Crippen LogP contribution is 2.61. The van der Waals surface area contributed by atoms with Crippen LogP contribution < -0.4 is 0 Å². The van der Waals surface area contributed by atoms with Crippen LogP contribution in [0.15, 0.2) is 18.2 Å². The molecule has 4 aliphatic carbocycles. The van der Waals surface area contributed by atoms with E-state index < -0.39 is 5.41 Å². The van der Waals surface area contributed by atoms with Crippen molar-refractivity contribution in [3.63, 3.8) is 0 Å². The Morgan fingerprint density at radius 1 is 1.08 bits per heavy atom. The van der Waals surface area contributed by atoms with E-state index in [0.717, 1.165) is 11.8 Å². The lowest BCUT2D eigenvalue weighted by atomic mass is 9.52. The molecule has 1 aromatic carbocycles. The highest BCUT2D eigenvalue weighted by Gasteiger charge is 2.62. The number of hydrogen-bond donors (Lipinski definition) is 0. The summed E-state index contributed by atoms with van der Waals surface area (Å²) in [4.78, 5) is 15.1. The zero-order valence-corrected chi connectivity index (χ0v) is 15.6. The summed E-state index contributed by atoms with van der Waals surface area (Å²) in [6, 6.07) is 5.30. The minimum Gasteiger partial charge on any atom is -0.330 e. The van der Waals surface area contributed by atoms with Crippen LogP contribution in [0.4, 0.5) is 4.39 Å². The van der Waals surface area contributed by atoms with Gasteiger partial charge in [-0.2, -0.15) is 0 Å². The van der Waals surface area contributed by atoms with Crippen LogP contribution in [0.5, 0.6) is 0 Å². The van der Waals surface area contributed by atoms with Gasteiger partial charge in [0.2, 0.25) is 5.91 Å². The lowest BCUT2D eigenvalue weighted by molar-refractivity contribution is -0.192. The maximum atomic E-state index is 14.8. The Bertz CT molecular complexity index is 717. The SMILES string of the molecule is CC1(C)C(=O)N(C2C3CC4CC(C3)CC2C4)C1c1cccc(Cl)c1F. The third-order valence-electron chi connectivity index (χ3n) is 7.52. The van der Waals surface area contributed by atoms with Crippen LogP contribution in [-0.4, -0.2) is 16.8 Å². The number of likely N-dealkylation sites (tertiary alicyclic amines) is 1. The second kappa shape index (κ2) is 5.22. The molecule has 1 heterocycles. The van der Waals surface area contributed by atoms with Gasteiger partial charge in [0, 0.05) is 11.6 Å². The molecular formula is C21H25ClFNO. The minimum absolute atomic E-state index is 0.151. The van der Waals surface area contributed by atoms with Crippen molar-refractivity contribution in [3.05, 3.63) is 34.6 Å². The number of nitrogens with zero attached hydrogens (tertiary/aromatic N) is 1. The predicted molar refractivity (Wildman–Crippen MR) is 95.6 cm³/mol. The standard InChI is InChI=1S/C21H25ClFNO/c1-21(2)19(15-4-3-5-16(22)17(15)23)24(20(21)25)18-13-7-11-6-12(9-13)10-14(18)8-11/h3-5,11-14,18-19H,6-10H2,1-2H3. The van der Waals surface area contributed by atoms with Crippen LogP contribution in [-0.2, 0) is 4.79 Å². The summed E-state index contributed by atoms with van der Waals surface area (Å²) < 4.78 is 14.8. The van der Waals surface area contributed by atoms with Crippen molar-refractivity contribution in [3.8, 4) is 0 Å². The van der Waals surface area contributed by atoms with E-state index in [1.807, 2.05) is 19.9 Å². The van der Waals surface area contributed by atoms with Crippen LogP contribution in [0.25, 0.3) is 0 Å². The van der Waals surface area contributed by atoms with Gasteiger partial charge < -0.3 is 4.90 Å². The number of hydrogen-bond acceptors (Lipinski definition) is 1. The van der Waals surface area contributed by atoms with E-state index in [0.29, 0.717) is 23.4 Å². The summed E-state index contributed by atoms with van der Waals surface area (Å²) in [6.07, 6.45) is 6.42. The maximum Gasteiger partial charge on any atom is 0.231 e. The second-order valence-corrected chi connectivity index (χ2v) is 9.81. The maximum absolute atomic E-state index is 14.8. The Balaban J connectivity index is 1.54. The summed E-state index contributed by atoms with van der Waals surface area (Å²) in [5, 5.41) is 0.151. The zero-order valence-electron chi connectivity index (χ0n) is 14.8. The lowest BCUT2D eigenvalue weighted by Crippen LogP contribution is -2.69. The van der Waals surface area contributed by atoms with Crippen molar-refractivity contribution in [2.24, 2.45) is 29.1 Å². The van der Waals surface area contributed by atoms with E-state index in [9.17, 15) is 9.18 Å². The third-order valence-corrected chi connectivity index (χ3v) is 7.81. The largest absolute Gasteiger partial charge is 0.330 e. The number of carbonyl (C=O) groups excluding carboxylic acids is 1. The van der Waals surface area contributed by atoms with Gasteiger partial charge in [0.1, 0.15) is 5.82 Å². The van der Waals surface area contributed by atoms with Gasteiger partial charge in [-0.25, -0.2) is 4.39 Å². The number of carbonyl (C=O) groups is 1. The molecule has 1 amide bonds. The molecule has 134 valence electrons. The Kier molecular flexibility index (Phi) is 3.36. The first kappa shape index (κ1) is 16.1. The summed E-state index contributed by atoms with van der Waals surface area (Å²) in [5.41, 5.74) is 0.0334. The van der Waals surface area contributed by atoms with Gasteiger partial charge in [0.25, 0.3) is 0 Å². The number of halogens is 2. The molecule has 5 aliphatic rings. The fourth-order valence-corrected chi connectivity index (χ4v) is 6.96. The molecule has 1 unspecified atom stereocenters. The average Bonchev–Trinajstić information content (AvgIpc) is 2.56. The number of rotatable bonds is 2. The molecule has 4 heteroatoms. The van der Waals surface area contributed by atoms with E-state index in [1.54, 1.807) is 12.1 Å². The topological polar surface area (TPSA) is 20.3 Å². The van der Waals surface area contributed by atoms with E-state index in [-0.39, 0.29) is 22.8 Å². The van der Waals surface area contributed by atoms with Crippen molar-refractivity contribution < 1.29 is 9.18 Å². The number of β-lactam (4-membered cyclic amide) rings is 1. The monoisotopic (exact) mass is 361 g/mol. The molecule has 6 rings (SSSR count). The molecule has 25 heavy (non-hydrogen) atoms. The normalized spacial score (nSPS) is 41.1. The van der Waals surface area contributed by atoms with E-state index in [2.05, 4.69) is 4.90 Å². The summed E-state index contributed by atoms with van der Waals surface area (Å²) >= 11 is 6.04. The molecule has 0 aromatic heterocycles. The first-order valence-electron chi connectivity index (χ1n) is 9.64. The lowest BCUT2D eigenvalue weighted by Gasteiger charge is -2.64. The van der Waals surface area contributed by atoms with Gasteiger partial charge >= 0.3 is 0 Å². The summed E-state index contributed by atoms with van der Waals surface area (Å²) in [7, 11) is 0. The van der Waals surface area contributed by atoms with Crippen molar-refractivity contribution in [2.45, 2.75) is 58.0 Å². The molecule has 1 saturated heterocycles. The Hall–Kier alpha value is -1.09. The smallest absolute Gasteiger partial charge is 0.231 e. The van der Waals surface area contributed by atoms with Crippen LogP contribution in [0.3, 0.4) is 0 Å². The molecule has 2 nitrogen and oxygen atoms in total. The first-order chi connectivity index (χ1) is 11.9. The number of benzene rings is 1. The molecule has 0 spiro atoms. The molecule has 1 atom stereocenters. The molecular weight excluding hydrogens is 337 g/mol. The molecule has 1 aromatic rings. The molecule has 1 aliphatic heterocycles. The highest BCUT2D eigenvalue weighted by atomic mass is 35.5. The molecule has 5 fully saturated rings. The first-order valence-corrected chi connectivity index (χ1v) is 10.0. The molecule has 4 bridgehead atoms. The van der Waals surface area contributed by atoms with Crippen molar-refractivity contribution in [2.75, 3.05) is 0 Å². The van der Waals surface area contributed by atoms with E-state index in [1.165, 1.54) is 32.1 Å². The second-order valence-electron chi connectivity index (χ2n) is 9.40. The fourth-order valence-electron chi connectivity index (χ4n) is 6.78. The van der Waals surface area contributed by atoms with Crippen molar-refractivity contribution >= 4 is 17.5 Å². The predicted octanol–water partition coefficient (Wildman–Crippen LogP) is 5.21. The quantitative estimate of drug-likeness (QED) is 0.662. The van der Waals surface area contributed by atoms with Crippen molar-refractivity contribution in [1.29, 1.82) is 0 Å². The Labute approximate surface area is 153 Å². The average molecular weight is 362 g/mol. The minimum atomic E-state index is -0.555. The summed E-state index contributed by atoms with van der Waals surface area (Å²) in [6.45, 7) is 3.90. The summed E-state index contributed by atoms with van der Waals surface area (Å²) in [5.74, 6) is 2.79. The van der Waals surface area contributed by atoms with Gasteiger partial charge in [-0.3, -0.25) is 4.79 Å². The number of amides is 1. The van der Waals surface area contributed by atoms with Gasteiger partial charge in [-0.1, -0.05) is 23.7 Å². The van der Waals surface area contributed by atoms with Crippen LogP contribution >= 0.6 is 11.6 Å². The van der Waals surface area contributed by atoms with Gasteiger partial charge in [-0.05, 0) is 75.7 Å². The van der Waals surface area contributed by atoms with Crippen LogP contribution in [0.2, 0.25) is 5.02 Å². The van der Waals surface area contributed by atoms with Crippen LogP contribution in [0.1, 0.15) is 57.6 Å². The van der Waals surface area contributed by atoms with Crippen molar-refractivity contribution in [1.82, 2.24) is 4.90 Å². The Morgan fingerprint density at radius 2 is 1.68 bits per heavy atom. The zero-order chi connectivity index (χ0) is 17.5. The van der Waals surface area contributed by atoms with Gasteiger partial charge in [0.15, 0.2) is 0 Å². The van der Waals surface area contributed by atoms with Crippen LogP contribution in [0, 0.1) is 34.9 Å². The van der Waals surface area contributed by atoms with Gasteiger partial charge in [0.05, 0.1) is 16.5 Å². The molecule has 4 saturated carbocycles. The Morgan fingerprint density at radius 3 is 2.28 bits per heavy atom. The third kappa shape index (κ3) is 2.11. The molecule has 0 N–H and O–H groups in total. The highest BCUT2D eigenvalue weighted by molar-refractivity contribution is 6.30. The van der Waals surface area contributed by atoms with E-state index in [4.69, 9.17) is 11.6 Å². The fraction of sp³-hybridized carbons (Fsp3) is 0.667. The van der Waals surface area contributed by atoms with E-state index >= 15 is 0 Å². The molecule has 0 radical (unpaired) electrons. The van der Waals surface area contributed by atoms with Gasteiger partial charge in [-0.15, -0.1) is 0 Å².